The summed E-state index contributed by atoms with van der Waals surface area (Å²) < 4.78 is 5.72. The highest BCUT2D eigenvalue weighted by atomic mass is 16.5. The molecule has 0 aromatic carbocycles. The lowest BCUT2D eigenvalue weighted by Crippen LogP contribution is -2.66. The van der Waals surface area contributed by atoms with Crippen LogP contribution in [0.2, 0.25) is 0 Å². The van der Waals surface area contributed by atoms with Gasteiger partial charge >= 0.3 is 5.97 Å². The Morgan fingerprint density at radius 1 is 1.06 bits per heavy atom. The van der Waals surface area contributed by atoms with Crippen molar-refractivity contribution in [2.24, 2.45) is 51.8 Å². The fourth-order valence-corrected chi connectivity index (χ4v) is 10.2. The number of hydrogen-bond donors (Lipinski definition) is 2. The smallest absolute Gasteiger partial charge is 0.302 e. The molecule has 2 N–H and O–H groups in total. The molecule has 4 rings (SSSR count). The molecule has 0 aliphatic heterocycles. The Morgan fingerprint density at radius 3 is 2.41 bits per heavy atom. The average Bonchev–Trinajstić information content (AvgIpc) is 3.06. The SMILES string of the molecule is CC[C@H]1[C@@H](O)C2C3CC[C@H]([C@H](C)CCO)[C@@]3(C)CCC2[C@@]2(C)CC[C@@H](OC(C)=O)C[C@@]12C. The second-order valence-electron chi connectivity index (χ2n) is 12.8. The molecule has 0 heterocycles. The molecule has 0 spiro atoms. The first kappa shape index (κ1) is 24.5. The predicted molar refractivity (Wildman–Crippen MR) is 127 cm³/mol. The van der Waals surface area contributed by atoms with Crippen LogP contribution in [0.3, 0.4) is 0 Å². The summed E-state index contributed by atoms with van der Waals surface area (Å²) in [6, 6.07) is 0. The zero-order valence-electron chi connectivity index (χ0n) is 21.4. The van der Waals surface area contributed by atoms with Crippen LogP contribution in [0.15, 0.2) is 0 Å². The number of aliphatic hydroxyl groups excluding tert-OH is 2. The van der Waals surface area contributed by atoms with Crippen molar-refractivity contribution in [1.82, 2.24) is 0 Å². The van der Waals surface area contributed by atoms with Crippen molar-refractivity contribution < 1.29 is 19.7 Å². The van der Waals surface area contributed by atoms with E-state index < -0.39 is 0 Å². The molecule has 0 bridgehead atoms. The summed E-state index contributed by atoms with van der Waals surface area (Å²) >= 11 is 0. The van der Waals surface area contributed by atoms with Gasteiger partial charge in [0.2, 0.25) is 0 Å². The van der Waals surface area contributed by atoms with Crippen LogP contribution in [-0.4, -0.2) is 35.0 Å². The molecule has 4 aliphatic carbocycles. The van der Waals surface area contributed by atoms with E-state index in [1.54, 1.807) is 0 Å². The third kappa shape index (κ3) is 3.41. The predicted octanol–water partition coefficient (Wildman–Crippen LogP) is 5.59. The van der Waals surface area contributed by atoms with Crippen molar-refractivity contribution in [2.45, 2.75) is 112 Å². The topological polar surface area (TPSA) is 66.8 Å². The lowest BCUT2D eigenvalue weighted by atomic mass is 9.36. The molecule has 3 unspecified atom stereocenters. The van der Waals surface area contributed by atoms with E-state index in [1.807, 2.05) is 0 Å². The number of carbonyl (C=O) groups excluding carboxylic acids is 1. The maximum atomic E-state index is 12.0. The van der Waals surface area contributed by atoms with Gasteiger partial charge in [-0.3, -0.25) is 4.79 Å². The van der Waals surface area contributed by atoms with Crippen LogP contribution >= 0.6 is 0 Å². The minimum Gasteiger partial charge on any atom is -0.463 e. The number of esters is 1. The Morgan fingerprint density at radius 2 is 1.78 bits per heavy atom. The molecular formula is C28H48O4. The van der Waals surface area contributed by atoms with E-state index in [2.05, 4.69) is 34.6 Å². The lowest BCUT2D eigenvalue weighted by Gasteiger charge is -2.69. The molecule has 0 aromatic heterocycles. The van der Waals surface area contributed by atoms with Crippen LogP contribution in [-0.2, 0) is 9.53 Å². The second-order valence-corrected chi connectivity index (χ2v) is 12.8. The van der Waals surface area contributed by atoms with Gasteiger partial charge in [-0.05, 0) is 103 Å². The number of hydrogen-bond acceptors (Lipinski definition) is 4. The maximum absolute atomic E-state index is 12.0. The van der Waals surface area contributed by atoms with Crippen LogP contribution < -0.4 is 0 Å². The zero-order valence-corrected chi connectivity index (χ0v) is 21.4. The Bertz CT molecular complexity index is 708. The van der Waals surface area contributed by atoms with E-state index in [0.717, 1.165) is 32.1 Å². The van der Waals surface area contributed by atoms with Crippen molar-refractivity contribution in [3.05, 3.63) is 0 Å². The van der Waals surface area contributed by atoms with Gasteiger partial charge in [0.05, 0.1) is 6.10 Å². The number of aliphatic hydroxyl groups is 2. The molecule has 32 heavy (non-hydrogen) atoms. The monoisotopic (exact) mass is 448 g/mol. The van der Waals surface area contributed by atoms with Crippen molar-refractivity contribution >= 4 is 5.97 Å². The van der Waals surface area contributed by atoms with Gasteiger partial charge in [-0.25, -0.2) is 0 Å². The summed E-state index contributed by atoms with van der Waals surface area (Å²) in [7, 11) is 0. The van der Waals surface area contributed by atoms with Gasteiger partial charge in [-0.2, -0.15) is 0 Å². The quantitative estimate of drug-likeness (QED) is 0.538. The number of fused-ring (bicyclic) bond motifs is 5. The Labute approximate surface area is 195 Å². The van der Waals surface area contributed by atoms with Gasteiger partial charge < -0.3 is 14.9 Å². The van der Waals surface area contributed by atoms with Crippen molar-refractivity contribution in [1.29, 1.82) is 0 Å². The van der Waals surface area contributed by atoms with Gasteiger partial charge in [0.1, 0.15) is 6.10 Å². The largest absolute Gasteiger partial charge is 0.463 e. The normalized spacial score (nSPS) is 51.3. The first-order valence-electron chi connectivity index (χ1n) is 13.5. The van der Waals surface area contributed by atoms with Crippen LogP contribution in [0.5, 0.6) is 0 Å². The van der Waals surface area contributed by atoms with Crippen LogP contribution in [0.4, 0.5) is 0 Å². The van der Waals surface area contributed by atoms with Crippen LogP contribution in [0.1, 0.15) is 99.3 Å². The lowest BCUT2D eigenvalue weighted by molar-refractivity contribution is -0.245. The minimum absolute atomic E-state index is 0.00335. The van der Waals surface area contributed by atoms with Crippen molar-refractivity contribution in [3.8, 4) is 0 Å². The molecular weight excluding hydrogens is 400 g/mol. The maximum Gasteiger partial charge on any atom is 0.302 e. The first-order chi connectivity index (χ1) is 15.0. The highest BCUT2D eigenvalue weighted by Gasteiger charge is 2.68. The summed E-state index contributed by atoms with van der Waals surface area (Å²) in [6.07, 6.45) is 9.49. The first-order valence-corrected chi connectivity index (χ1v) is 13.5. The van der Waals surface area contributed by atoms with Crippen LogP contribution in [0, 0.1) is 51.8 Å². The Hall–Kier alpha value is -0.610. The summed E-state index contributed by atoms with van der Waals surface area (Å²) in [4.78, 5) is 11.7. The van der Waals surface area contributed by atoms with Gasteiger partial charge in [0.25, 0.3) is 0 Å². The summed E-state index contributed by atoms with van der Waals surface area (Å²) in [5.41, 5.74) is 0.467. The fraction of sp³-hybridized carbons (Fsp3) is 0.964. The number of ether oxygens (including phenoxy) is 1. The standard InChI is InChI=1S/C28H48O4/c1-7-20-25(31)24-22-9-8-21(17(2)12-15-29)26(22,4)13-11-23(24)27(5)14-10-19(32-18(3)30)16-28(20,27)6/h17,19-25,29,31H,7-16H2,1-6H3/t17-,19-,20+,21-,22?,23?,24?,25-,26-,27-,28+/m1/s1. The second kappa shape index (κ2) is 8.56. The van der Waals surface area contributed by atoms with Crippen LogP contribution in [0.25, 0.3) is 0 Å². The van der Waals surface area contributed by atoms with E-state index in [4.69, 9.17) is 4.74 Å². The van der Waals surface area contributed by atoms with Gasteiger partial charge in [0, 0.05) is 13.5 Å². The minimum atomic E-state index is -0.268. The molecule has 11 atom stereocenters. The molecule has 4 fully saturated rings. The summed E-state index contributed by atoms with van der Waals surface area (Å²) in [6.45, 7) is 13.8. The fourth-order valence-electron chi connectivity index (χ4n) is 10.2. The third-order valence-corrected chi connectivity index (χ3v) is 11.8. The van der Waals surface area contributed by atoms with Crippen molar-refractivity contribution in [3.63, 3.8) is 0 Å². The van der Waals surface area contributed by atoms with E-state index >= 15 is 0 Å². The molecule has 0 radical (unpaired) electrons. The Balaban J connectivity index is 1.67. The average molecular weight is 449 g/mol. The van der Waals surface area contributed by atoms with E-state index in [1.165, 1.54) is 32.6 Å². The highest BCUT2D eigenvalue weighted by molar-refractivity contribution is 5.66. The van der Waals surface area contributed by atoms with E-state index in [-0.39, 0.29) is 46.9 Å². The van der Waals surface area contributed by atoms with Gasteiger partial charge in [0.15, 0.2) is 0 Å². The molecule has 4 aliphatic rings. The number of carbonyl (C=O) groups is 1. The summed E-state index contributed by atoms with van der Waals surface area (Å²) in [5, 5.41) is 21.6. The molecule has 0 aromatic rings. The molecule has 4 saturated carbocycles. The zero-order chi connectivity index (χ0) is 23.5. The molecule has 4 heteroatoms. The molecule has 184 valence electrons. The third-order valence-electron chi connectivity index (χ3n) is 11.8. The van der Waals surface area contributed by atoms with Gasteiger partial charge in [-0.1, -0.05) is 41.0 Å². The summed E-state index contributed by atoms with van der Waals surface area (Å²) in [5.74, 6) is 2.81. The molecule has 0 amide bonds. The molecule has 4 nitrogen and oxygen atoms in total. The Kier molecular flexibility index (Phi) is 6.55. The van der Waals surface area contributed by atoms with E-state index in [0.29, 0.717) is 29.6 Å². The van der Waals surface area contributed by atoms with Crippen molar-refractivity contribution in [2.75, 3.05) is 6.61 Å². The number of rotatable bonds is 5. The highest BCUT2D eigenvalue weighted by Crippen LogP contribution is 2.73. The van der Waals surface area contributed by atoms with Gasteiger partial charge in [-0.15, -0.1) is 0 Å². The molecule has 0 saturated heterocycles. The van der Waals surface area contributed by atoms with E-state index in [9.17, 15) is 15.0 Å².